The van der Waals surface area contributed by atoms with Crippen LogP contribution in [-0.2, 0) is 14.4 Å². The van der Waals surface area contributed by atoms with Gasteiger partial charge in [0.1, 0.15) is 6.04 Å². The SMILES string of the molecule is C=C(C)C1CCC2(C(=O)NCCC(=O)N3CCCC3C(=O)O)CCC(C)C3(C)CCC4C(C)(C)C(c5ccc(C(=O)O)cc5)=CCC4(C)C3CCCC12. The maximum Gasteiger partial charge on any atom is 0.335 e. The number of carbonyl (C=O) groups is 4. The molecule has 1 aromatic carbocycles. The summed E-state index contributed by atoms with van der Waals surface area (Å²) in [6.45, 7) is 19.6. The molecular weight excluding hydrogens is 665 g/mol. The first-order valence-electron chi connectivity index (χ1n) is 20.5. The van der Waals surface area contributed by atoms with Crippen LogP contribution in [0, 0.1) is 51.2 Å². The van der Waals surface area contributed by atoms with Crippen LogP contribution < -0.4 is 5.32 Å². The van der Waals surface area contributed by atoms with Crippen molar-refractivity contribution in [2.45, 2.75) is 131 Å². The van der Waals surface area contributed by atoms with E-state index in [2.05, 4.69) is 59.5 Å². The number of carboxylic acids is 2. The molecule has 0 aromatic heterocycles. The van der Waals surface area contributed by atoms with Crippen LogP contribution in [0.2, 0.25) is 0 Å². The molecule has 1 aromatic rings. The number of benzene rings is 1. The third-order valence-electron chi connectivity index (χ3n) is 15.9. The molecule has 0 bridgehead atoms. The molecule has 8 nitrogen and oxygen atoms in total. The van der Waals surface area contributed by atoms with Gasteiger partial charge in [0.2, 0.25) is 11.8 Å². The molecule has 3 saturated carbocycles. The Morgan fingerprint density at radius 2 is 1.57 bits per heavy atom. The second kappa shape index (κ2) is 14.7. The number of allylic oxidation sites excluding steroid dienone is 3. The van der Waals surface area contributed by atoms with E-state index in [4.69, 9.17) is 0 Å². The smallest absolute Gasteiger partial charge is 0.335 e. The third-order valence-corrected chi connectivity index (χ3v) is 15.9. The van der Waals surface area contributed by atoms with Gasteiger partial charge in [0.25, 0.3) is 0 Å². The Kier molecular flexibility index (Phi) is 10.9. The molecule has 0 spiro atoms. The van der Waals surface area contributed by atoms with Crippen molar-refractivity contribution in [2.24, 2.45) is 51.2 Å². The summed E-state index contributed by atoms with van der Waals surface area (Å²) in [4.78, 5) is 52.3. The summed E-state index contributed by atoms with van der Waals surface area (Å²) < 4.78 is 0. The van der Waals surface area contributed by atoms with Crippen LogP contribution >= 0.6 is 0 Å². The van der Waals surface area contributed by atoms with E-state index in [0.29, 0.717) is 48.6 Å². The maximum absolute atomic E-state index is 14.5. The zero-order chi connectivity index (χ0) is 38.5. The molecule has 9 unspecified atom stereocenters. The predicted octanol–water partition coefficient (Wildman–Crippen LogP) is 9.01. The molecule has 1 heterocycles. The number of amides is 2. The molecule has 8 heteroatoms. The first-order chi connectivity index (χ1) is 25.0. The van der Waals surface area contributed by atoms with Gasteiger partial charge in [-0.05, 0) is 147 Å². The molecule has 9 atom stereocenters. The van der Waals surface area contributed by atoms with E-state index in [1.54, 1.807) is 12.1 Å². The Morgan fingerprint density at radius 1 is 0.868 bits per heavy atom. The molecule has 6 rings (SSSR count). The largest absolute Gasteiger partial charge is 0.480 e. The maximum atomic E-state index is 14.5. The summed E-state index contributed by atoms with van der Waals surface area (Å²) in [5, 5.41) is 22.3. The minimum Gasteiger partial charge on any atom is -0.480 e. The Morgan fingerprint density at radius 3 is 2.23 bits per heavy atom. The van der Waals surface area contributed by atoms with E-state index >= 15 is 0 Å². The Hall–Kier alpha value is -3.42. The van der Waals surface area contributed by atoms with Crippen molar-refractivity contribution in [2.75, 3.05) is 13.1 Å². The van der Waals surface area contributed by atoms with Crippen molar-refractivity contribution in [1.82, 2.24) is 10.2 Å². The lowest BCUT2D eigenvalue weighted by atomic mass is 9.40. The van der Waals surface area contributed by atoms with E-state index in [-0.39, 0.29) is 46.9 Å². The van der Waals surface area contributed by atoms with E-state index in [0.717, 1.165) is 75.3 Å². The molecule has 4 fully saturated rings. The van der Waals surface area contributed by atoms with Gasteiger partial charge < -0.3 is 20.4 Å². The lowest BCUT2D eigenvalue weighted by Gasteiger charge is -2.64. The highest BCUT2D eigenvalue weighted by Gasteiger charge is 2.61. The van der Waals surface area contributed by atoms with Gasteiger partial charge in [-0.3, -0.25) is 9.59 Å². The fraction of sp³-hybridized carbons (Fsp3) is 0.689. The molecule has 3 N–H and O–H groups in total. The summed E-state index contributed by atoms with van der Waals surface area (Å²) in [5.74, 6) is -0.00782. The van der Waals surface area contributed by atoms with Crippen LogP contribution in [-0.4, -0.2) is 58.0 Å². The molecule has 1 aliphatic heterocycles. The zero-order valence-electron chi connectivity index (χ0n) is 33.1. The van der Waals surface area contributed by atoms with Crippen molar-refractivity contribution in [3.63, 3.8) is 0 Å². The van der Waals surface area contributed by atoms with Gasteiger partial charge in [0.15, 0.2) is 0 Å². The number of nitrogens with one attached hydrogen (secondary N) is 1. The quantitative estimate of drug-likeness (QED) is 0.230. The molecule has 1 saturated heterocycles. The Labute approximate surface area is 317 Å². The van der Waals surface area contributed by atoms with Gasteiger partial charge >= 0.3 is 11.9 Å². The van der Waals surface area contributed by atoms with Crippen molar-refractivity contribution in [1.29, 1.82) is 0 Å². The molecule has 2 amide bonds. The van der Waals surface area contributed by atoms with Crippen LogP contribution in [0.4, 0.5) is 0 Å². The lowest BCUT2D eigenvalue weighted by molar-refractivity contribution is -0.148. The standard InChI is InChI=1S/C45H64N2O6/c1-28(2)32-18-25-45(41(53)46-26-21-38(48)47-27-9-11-35(47)40(51)52)24-17-29(3)43(6)23-20-36-42(4,5)33(30-13-15-31(16-14-30)39(49)50)19-22-44(36,7)37(43)12-8-10-34(32)45/h13-16,19,29,32,34-37H,1,8-12,17-18,20-27H2,2-7H3,(H,46,53)(H,49,50)(H,51,52). The van der Waals surface area contributed by atoms with Gasteiger partial charge in [-0.1, -0.05) is 71.4 Å². The number of likely N-dealkylation sites (tertiary alicyclic amines) is 1. The number of hydrogen-bond donors (Lipinski definition) is 3. The minimum absolute atomic E-state index is 0.0634. The predicted molar refractivity (Wildman–Crippen MR) is 208 cm³/mol. The number of aromatic carboxylic acids is 1. The Balaban J connectivity index is 1.23. The number of fused-ring (bicyclic) bond motifs is 4. The second-order valence-electron chi connectivity index (χ2n) is 18.8. The highest BCUT2D eigenvalue weighted by molar-refractivity contribution is 5.88. The van der Waals surface area contributed by atoms with Crippen LogP contribution in [0.5, 0.6) is 0 Å². The van der Waals surface area contributed by atoms with Gasteiger partial charge in [0, 0.05) is 19.5 Å². The summed E-state index contributed by atoms with van der Waals surface area (Å²) in [6.07, 6.45) is 13.9. The van der Waals surface area contributed by atoms with Crippen LogP contribution in [0.25, 0.3) is 5.57 Å². The number of rotatable bonds is 8. The topological polar surface area (TPSA) is 124 Å². The van der Waals surface area contributed by atoms with E-state index in [1.165, 1.54) is 10.5 Å². The van der Waals surface area contributed by atoms with Gasteiger partial charge in [-0.15, -0.1) is 0 Å². The number of carbonyl (C=O) groups excluding carboxylic acids is 2. The van der Waals surface area contributed by atoms with E-state index in [1.807, 2.05) is 12.1 Å². The average molecular weight is 729 g/mol. The normalized spacial score (nSPS) is 36.6. The molecule has 53 heavy (non-hydrogen) atoms. The Bertz CT molecular complexity index is 1650. The molecule has 4 aliphatic carbocycles. The highest BCUT2D eigenvalue weighted by Crippen LogP contribution is 2.69. The van der Waals surface area contributed by atoms with Crippen molar-refractivity contribution in [3.8, 4) is 0 Å². The monoisotopic (exact) mass is 728 g/mol. The lowest BCUT2D eigenvalue weighted by Crippen LogP contribution is -2.56. The van der Waals surface area contributed by atoms with Crippen molar-refractivity contribution >= 4 is 29.3 Å². The highest BCUT2D eigenvalue weighted by atomic mass is 16.4. The molecule has 5 aliphatic rings. The van der Waals surface area contributed by atoms with Gasteiger partial charge in [0.05, 0.1) is 11.0 Å². The molecule has 290 valence electrons. The fourth-order valence-electron chi connectivity index (χ4n) is 13.0. The molecular formula is C45H64N2O6. The average Bonchev–Trinajstić information content (AvgIpc) is 3.75. The second-order valence-corrected chi connectivity index (χ2v) is 18.8. The fourth-order valence-corrected chi connectivity index (χ4v) is 13.0. The van der Waals surface area contributed by atoms with Gasteiger partial charge in [-0.2, -0.15) is 0 Å². The van der Waals surface area contributed by atoms with Crippen LogP contribution in [0.3, 0.4) is 0 Å². The minimum atomic E-state index is -0.953. The summed E-state index contributed by atoms with van der Waals surface area (Å²) in [7, 11) is 0. The number of nitrogens with zero attached hydrogens (tertiary/aromatic N) is 1. The summed E-state index contributed by atoms with van der Waals surface area (Å²) in [6, 6.07) is 6.68. The third kappa shape index (κ3) is 6.79. The zero-order valence-corrected chi connectivity index (χ0v) is 33.1. The van der Waals surface area contributed by atoms with E-state index in [9.17, 15) is 29.4 Å². The number of hydrogen-bond acceptors (Lipinski definition) is 4. The van der Waals surface area contributed by atoms with Crippen LogP contribution in [0.15, 0.2) is 42.5 Å². The number of aliphatic carboxylic acids is 1. The van der Waals surface area contributed by atoms with E-state index < -0.39 is 23.4 Å². The van der Waals surface area contributed by atoms with Crippen molar-refractivity contribution < 1.29 is 29.4 Å². The summed E-state index contributed by atoms with van der Waals surface area (Å²) in [5.41, 5.74) is 3.64. The van der Waals surface area contributed by atoms with Gasteiger partial charge in [-0.25, -0.2) is 9.59 Å². The number of carboxylic acid groups (broad SMARTS) is 2. The van der Waals surface area contributed by atoms with Crippen molar-refractivity contribution in [3.05, 3.63) is 53.6 Å². The molecule has 0 radical (unpaired) electrons. The first-order valence-corrected chi connectivity index (χ1v) is 20.5. The van der Waals surface area contributed by atoms with Crippen LogP contribution in [0.1, 0.15) is 141 Å². The summed E-state index contributed by atoms with van der Waals surface area (Å²) >= 11 is 0. The first kappa shape index (κ1) is 39.3.